The number of nitrogens with zero attached hydrogens (tertiary/aromatic N) is 3. The van der Waals surface area contributed by atoms with Gasteiger partial charge in [0.05, 0.1) is 0 Å². The van der Waals surface area contributed by atoms with Crippen molar-refractivity contribution in [3.63, 3.8) is 0 Å². The molecular formula is C12H15N3OS. The van der Waals surface area contributed by atoms with Gasteiger partial charge in [-0.3, -0.25) is 4.57 Å². The maximum absolute atomic E-state index is 11.6. The Morgan fingerprint density at radius 1 is 1.35 bits per heavy atom. The Bertz CT molecular complexity index is 586. The van der Waals surface area contributed by atoms with Gasteiger partial charge in [-0.25, -0.2) is 9.48 Å². The molecular weight excluding hydrogens is 234 g/mol. The van der Waals surface area contributed by atoms with E-state index >= 15 is 0 Å². The van der Waals surface area contributed by atoms with Gasteiger partial charge in [0, 0.05) is 25.4 Å². The lowest BCUT2D eigenvalue weighted by atomic mass is 10.1. The fourth-order valence-corrected chi connectivity index (χ4v) is 2.29. The van der Waals surface area contributed by atoms with Gasteiger partial charge in [-0.2, -0.15) is 11.8 Å². The molecule has 2 aromatic rings. The fraction of sp³-hybridized carbons (Fsp3) is 0.333. The molecule has 0 saturated heterocycles. The van der Waals surface area contributed by atoms with Gasteiger partial charge >= 0.3 is 5.69 Å². The maximum Gasteiger partial charge on any atom is 0.345 e. The predicted octanol–water partition coefficient (Wildman–Crippen LogP) is 1.65. The van der Waals surface area contributed by atoms with Gasteiger partial charge in [0.2, 0.25) is 0 Å². The Kier molecular flexibility index (Phi) is 3.38. The molecule has 5 heteroatoms. The second kappa shape index (κ2) is 4.79. The van der Waals surface area contributed by atoms with Gasteiger partial charge in [0.1, 0.15) is 0 Å². The van der Waals surface area contributed by atoms with Crippen molar-refractivity contribution < 1.29 is 0 Å². The lowest BCUT2D eigenvalue weighted by molar-refractivity contribution is 0.714. The molecule has 1 heterocycles. The summed E-state index contributed by atoms with van der Waals surface area (Å²) in [5.74, 6) is 1.68. The highest BCUT2D eigenvalue weighted by atomic mass is 32.2. The van der Waals surface area contributed by atoms with E-state index in [4.69, 9.17) is 0 Å². The minimum absolute atomic E-state index is 0.102. The monoisotopic (exact) mass is 249 g/mol. The lowest BCUT2D eigenvalue weighted by Crippen LogP contribution is -2.20. The third kappa shape index (κ3) is 2.29. The lowest BCUT2D eigenvalue weighted by Gasteiger charge is -2.03. The molecule has 0 amide bonds. The third-order valence-corrected chi connectivity index (χ3v) is 3.24. The zero-order valence-corrected chi connectivity index (χ0v) is 11.0. The van der Waals surface area contributed by atoms with Gasteiger partial charge in [0.25, 0.3) is 0 Å². The highest BCUT2D eigenvalue weighted by molar-refractivity contribution is 7.97. The molecule has 4 nitrogen and oxygen atoms in total. The summed E-state index contributed by atoms with van der Waals surface area (Å²) in [6.45, 7) is 0. The molecule has 0 aliphatic carbocycles. The van der Waals surface area contributed by atoms with Crippen molar-refractivity contribution in [3.05, 3.63) is 40.3 Å². The Morgan fingerprint density at radius 2 is 2.12 bits per heavy atom. The Labute approximate surface area is 104 Å². The van der Waals surface area contributed by atoms with Crippen LogP contribution in [0.2, 0.25) is 0 Å². The second-order valence-electron chi connectivity index (χ2n) is 3.92. The number of benzene rings is 1. The van der Waals surface area contributed by atoms with Gasteiger partial charge in [-0.1, -0.05) is 18.2 Å². The van der Waals surface area contributed by atoms with Crippen LogP contribution >= 0.6 is 11.8 Å². The molecule has 0 spiro atoms. The number of hydrogen-bond donors (Lipinski definition) is 0. The van der Waals surface area contributed by atoms with Crippen LogP contribution in [0.3, 0.4) is 0 Å². The third-order valence-electron chi connectivity index (χ3n) is 2.62. The number of thioether (sulfide) groups is 1. The molecule has 1 aromatic carbocycles. The van der Waals surface area contributed by atoms with Crippen LogP contribution in [-0.4, -0.2) is 20.6 Å². The minimum atomic E-state index is -0.102. The van der Waals surface area contributed by atoms with E-state index in [1.54, 1.807) is 30.4 Å². The number of hydrogen-bond acceptors (Lipinski definition) is 3. The van der Waals surface area contributed by atoms with Crippen LogP contribution < -0.4 is 5.69 Å². The first-order valence-electron chi connectivity index (χ1n) is 5.31. The zero-order valence-electron chi connectivity index (χ0n) is 10.2. The maximum atomic E-state index is 11.6. The van der Waals surface area contributed by atoms with E-state index in [9.17, 15) is 4.79 Å². The van der Waals surface area contributed by atoms with Crippen LogP contribution in [-0.2, 0) is 19.8 Å². The van der Waals surface area contributed by atoms with E-state index in [1.807, 2.05) is 12.1 Å². The topological polar surface area (TPSA) is 39.8 Å². The van der Waals surface area contributed by atoms with E-state index in [-0.39, 0.29) is 5.69 Å². The predicted molar refractivity (Wildman–Crippen MR) is 71.1 cm³/mol. The van der Waals surface area contributed by atoms with Gasteiger partial charge < -0.3 is 0 Å². The van der Waals surface area contributed by atoms with Crippen molar-refractivity contribution in [1.82, 2.24) is 14.3 Å². The SMILES string of the molecule is CSCc1cccc(-c2nn(C)c(=O)n2C)c1. The van der Waals surface area contributed by atoms with Crippen LogP contribution in [0, 0.1) is 0 Å². The molecule has 0 aliphatic heterocycles. The average Bonchev–Trinajstić information content (AvgIpc) is 2.58. The smallest absolute Gasteiger partial charge is 0.278 e. The average molecular weight is 249 g/mol. The molecule has 0 saturated carbocycles. The minimum Gasteiger partial charge on any atom is -0.278 e. The number of aromatic nitrogens is 3. The van der Waals surface area contributed by atoms with Crippen molar-refractivity contribution >= 4 is 11.8 Å². The van der Waals surface area contributed by atoms with Crippen LogP contribution in [0.1, 0.15) is 5.56 Å². The summed E-state index contributed by atoms with van der Waals surface area (Å²) in [6.07, 6.45) is 2.07. The van der Waals surface area contributed by atoms with Crippen molar-refractivity contribution in [1.29, 1.82) is 0 Å². The highest BCUT2D eigenvalue weighted by Crippen LogP contribution is 2.18. The summed E-state index contributed by atoms with van der Waals surface area (Å²) in [5.41, 5.74) is 2.13. The Hall–Kier alpha value is -1.49. The van der Waals surface area contributed by atoms with E-state index in [0.717, 1.165) is 11.3 Å². The molecule has 0 fully saturated rings. The first-order chi connectivity index (χ1) is 8.13. The summed E-state index contributed by atoms with van der Waals surface area (Å²) in [6, 6.07) is 8.14. The molecule has 17 heavy (non-hydrogen) atoms. The largest absolute Gasteiger partial charge is 0.345 e. The normalized spacial score (nSPS) is 10.8. The van der Waals surface area contributed by atoms with E-state index < -0.39 is 0 Å². The van der Waals surface area contributed by atoms with Crippen LogP contribution in [0.5, 0.6) is 0 Å². The molecule has 2 rings (SSSR count). The second-order valence-corrected chi connectivity index (χ2v) is 4.79. The molecule has 0 unspecified atom stereocenters. The molecule has 0 aliphatic rings. The summed E-state index contributed by atoms with van der Waals surface area (Å²) < 4.78 is 2.93. The van der Waals surface area contributed by atoms with Crippen LogP contribution in [0.25, 0.3) is 11.4 Å². The molecule has 0 atom stereocenters. The molecule has 1 aromatic heterocycles. The van der Waals surface area contributed by atoms with Crippen LogP contribution in [0.4, 0.5) is 0 Å². The van der Waals surface area contributed by atoms with Crippen molar-refractivity contribution in [2.75, 3.05) is 6.26 Å². The van der Waals surface area contributed by atoms with Gasteiger partial charge in [0.15, 0.2) is 5.82 Å². The van der Waals surface area contributed by atoms with Gasteiger partial charge in [-0.05, 0) is 17.9 Å². The molecule has 0 bridgehead atoms. The quantitative estimate of drug-likeness (QED) is 0.830. The number of aryl methyl sites for hydroxylation is 1. The van der Waals surface area contributed by atoms with Crippen LogP contribution in [0.15, 0.2) is 29.1 Å². The summed E-state index contributed by atoms with van der Waals surface area (Å²) in [5, 5.41) is 4.24. The molecule has 0 N–H and O–H groups in total. The first kappa shape index (κ1) is 12.0. The highest BCUT2D eigenvalue weighted by Gasteiger charge is 2.09. The summed E-state index contributed by atoms with van der Waals surface area (Å²) in [7, 11) is 3.41. The van der Waals surface area contributed by atoms with E-state index in [1.165, 1.54) is 10.2 Å². The molecule has 90 valence electrons. The zero-order chi connectivity index (χ0) is 12.4. The first-order valence-corrected chi connectivity index (χ1v) is 6.71. The Balaban J connectivity index is 2.49. The Morgan fingerprint density at radius 3 is 2.71 bits per heavy atom. The fourth-order valence-electron chi connectivity index (χ4n) is 1.78. The molecule has 0 radical (unpaired) electrons. The summed E-state index contributed by atoms with van der Waals surface area (Å²) in [4.78, 5) is 11.6. The summed E-state index contributed by atoms with van der Waals surface area (Å²) >= 11 is 1.78. The van der Waals surface area contributed by atoms with E-state index in [2.05, 4.69) is 23.5 Å². The van der Waals surface area contributed by atoms with Crippen molar-refractivity contribution in [2.45, 2.75) is 5.75 Å². The van der Waals surface area contributed by atoms with E-state index in [0.29, 0.717) is 5.82 Å². The standard InChI is InChI=1S/C12H15N3OS/c1-14-11(13-15(2)12(14)16)10-6-4-5-9(7-10)8-17-3/h4-7H,8H2,1-3H3. The van der Waals surface area contributed by atoms with Gasteiger partial charge in [-0.15, -0.1) is 5.10 Å². The van der Waals surface area contributed by atoms with Crippen molar-refractivity contribution in [3.8, 4) is 11.4 Å². The number of rotatable bonds is 3. The van der Waals surface area contributed by atoms with Crippen molar-refractivity contribution in [2.24, 2.45) is 14.1 Å².